The SMILES string of the molecule is N#Cc1nc(C#N)c(-n2c3ccccc3c3ccccc32)c(C2CN2)c1-n1c2ccccc2c2ccccc21. The number of aromatic nitrogens is 3. The molecule has 1 saturated heterocycles. The lowest BCUT2D eigenvalue weighted by atomic mass is 10.0. The number of nitrogens with one attached hydrogen (secondary N) is 1. The average Bonchev–Trinajstić information content (AvgIpc) is 3.71. The monoisotopic (exact) mass is 500 g/mol. The van der Waals surface area contributed by atoms with Crippen LogP contribution in [0.5, 0.6) is 0 Å². The summed E-state index contributed by atoms with van der Waals surface area (Å²) < 4.78 is 4.31. The number of nitriles is 2. The summed E-state index contributed by atoms with van der Waals surface area (Å²) >= 11 is 0. The second-order valence-electron chi connectivity index (χ2n) is 9.84. The van der Waals surface area contributed by atoms with E-state index in [1.54, 1.807) is 0 Å². The van der Waals surface area contributed by atoms with Gasteiger partial charge in [0.15, 0.2) is 11.4 Å². The van der Waals surface area contributed by atoms with Gasteiger partial charge >= 0.3 is 0 Å². The van der Waals surface area contributed by atoms with Gasteiger partial charge in [0.25, 0.3) is 0 Å². The molecule has 8 rings (SSSR count). The van der Waals surface area contributed by atoms with Gasteiger partial charge < -0.3 is 14.5 Å². The van der Waals surface area contributed by atoms with Crippen LogP contribution in [-0.4, -0.2) is 20.7 Å². The van der Waals surface area contributed by atoms with Crippen molar-refractivity contribution in [3.05, 3.63) is 114 Å². The molecule has 0 radical (unpaired) electrons. The minimum Gasteiger partial charge on any atom is -0.307 e. The van der Waals surface area contributed by atoms with E-state index in [0.717, 1.165) is 67.1 Å². The lowest BCUT2D eigenvalue weighted by Crippen LogP contribution is -2.13. The molecule has 0 spiro atoms. The highest BCUT2D eigenvalue weighted by molar-refractivity contribution is 6.11. The minimum atomic E-state index is -0.0166. The molecule has 0 aliphatic carbocycles. The van der Waals surface area contributed by atoms with E-state index in [-0.39, 0.29) is 17.4 Å². The molecule has 182 valence electrons. The number of benzene rings is 4. The first-order valence-corrected chi connectivity index (χ1v) is 12.9. The summed E-state index contributed by atoms with van der Waals surface area (Å²) in [5.74, 6) is 0. The Morgan fingerprint density at radius 2 is 0.923 bits per heavy atom. The van der Waals surface area contributed by atoms with Crippen molar-refractivity contribution >= 4 is 43.6 Å². The molecule has 4 heterocycles. The Hall–Kier alpha value is -5.43. The third kappa shape index (κ3) is 2.95. The van der Waals surface area contributed by atoms with Crippen LogP contribution in [-0.2, 0) is 0 Å². The van der Waals surface area contributed by atoms with Crippen LogP contribution in [0.25, 0.3) is 55.0 Å². The van der Waals surface area contributed by atoms with Crippen molar-refractivity contribution in [2.24, 2.45) is 0 Å². The smallest absolute Gasteiger partial charge is 0.166 e. The molecule has 1 N–H and O–H groups in total. The molecule has 6 nitrogen and oxygen atoms in total. The van der Waals surface area contributed by atoms with Crippen LogP contribution < -0.4 is 5.32 Å². The zero-order valence-corrected chi connectivity index (χ0v) is 20.8. The van der Waals surface area contributed by atoms with Crippen LogP contribution in [0.2, 0.25) is 0 Å². The maximum Gasteiger partial charge on any atom is 0.166 e. The third-order valence-electron chi connectivity index (χ3n) is 7.76. The first kappa shape index (κ1) is 21.6. The van der Waals surface area contributed by atoms with Crippen molar-refractivity contribution in [2.75, 3.05) is 6.54 Å². The number of rotatable bonds is 3. The van der Waals surface area contributed by atoms with Gasteiger partial charge in [-0.1, -0.05) is 72.8 Å². The molecule has 6 heteroatoms. The highest BCUT2D eigenvalue weighted by Crippen LogP contribution is 2.43. The van der Waals surface area contributed by atoms with E-state index in [2.05, 4.69) is 75.1 Å². The minimum absolute atomic E-state index is 0.0166. The Labute approximate surface area is 223 Å². The van der Waals surface area contributed by atoms with Gasteiger partial charge in [0, 0.05) is 39.7 Å². The van der Waals surface area contributed by atoms with E-state index in [0.29, 0.717) is 0 Å². The molecule has 1 fully saturated rings. The molecule has 1 unspecified atom stereocenters. The van der Waals surface area contributed by atoms with E-state index >= 15 is 0 Å². The molecule has 3 aromatic heterocycles. The first-order valence-electron chi connectivity index (χ1n) is 12.9. The van der Waals surface area contributed by atoms with E-state index in [1.165, 1.54) is 0 Å². The Morgan fingerprint density at radius 3 is 1.23 bits per heavy atom. The molecule has 7 aromatic rings. The maximum atomic E-state index is 10.4. The quantitative estimate of drug-likeness (QED) is 0.275. The first-order chi connectivity index (χ1) is 19.3. The average molecular weight is 501 g/mol. The van der Waals surface area contributed by atoms with E-state index in [1.807, 2.05) is 48.5 Å². The van der Waals surface area contributed by atoms with E-state index in [4.69, 9.17) is 4.98 Å². The van der Waals surface area contributed by atoms with Gasteiger partial charge in [-0.15, -0.1) is 0 Å². The number of pyridine rings is 1. The predicted octanol–water partition coefficient (Wildman–Crippen LogP) is 6.66. The molecular weight excluding hydrogens is 480 g/mol. The number of fused-ring (bicyclic) bond motifs is 6. The van der Waals surface area contributed by atoms with Crippen LogP contribution in [0.1, 0.15) is 23.0 Å². The molecule has 39 heavy (non-hydrogen) atoms. The van der Waals surface area contributed by atoms with Gasteiger partial charge in [-0.3, -0.25) is 0 Å². The van der Waals surface area contributed by atoms with Gasteiger partial charge in [-0.25, -0.2) is 4.98 Å². The molecular formula is C33H20N6. The Morgan fingerprint density at radius 1 is 0.590 bits per heavy atom. The standard InChI is InChI=1S/C33H20N6/c34-17-24-32(38-27-13-5-1-9-20(27)21-10-2-6-14-28(21)38)31(26-19-36-26)33(25(18-35)37-24)39-29-15-7-3-11-22(29)23-12-4-8-16-30(23)39/h1-16,26,36H,19H2. The zero-order valence-electron chi connectivity index (χ0n) is 20.8. The highest BCUT2D eigenvalue weighted by atomic mass is 15.1. The van der Waals surface area contributed by atoms with E-state index < -0.39 is 0 Å². The fourth-order valence-corrected chi connectivity index (χ4v) is 6.11. The van der Waals surface area contributed by atoms with Crippen molar-refractivity contribution < 1.29 is 0 Å². The topological polar surface area (TPSA) is 92.3 Å². The van der Waals surface area contributed by atoms with Gasteiger partial charge in [0.05, 0.1) is 33.4 Å². The summed E-state index contributed by atoms with van der Waals surface area (Å²) in [6, 6.07) is 37.6. The zero-order chi connectivity index (χ0) is 26.1. The second-order valence-corrected chi connectivity index (χ2v) is 9.84. The largest absolute Gasteiger partial charge is 0.307 e. The Bertz CT molecular complexity index is 1960. The van der Waals surface area contributed by atoms with E-state index in [9.17, 15) is 10.5 Å². The van der Waals surface area contributed by atoms with Gasteiger partial charge in [0.2, 0.25) is 0 Å². The lowest BCUT2D eigenvalue weighted by Gasteiger charge is -2.21. The highest BCUT2D eigenvalue weighted by Gasteiger charge is 2.35. The van der Waals surface area contributed by atoms with Crippen LogP contribution in [0.4, 0.5) is 0 Å². The fourth-order valence-electron chi connectivity index (χ4n) is 6.11. The number of nitrogens with zero attached hydrogens (tertiary/aromatic N) is 5. The summed E-state index contributed by atoms with van der Waals surface area (Å²) in [7, 11) is 0. The molecule has 1 aliphatic heterocycles. The van der Waals surface area contributed by atoms with Crippen molar-refractivity contribution in [3.63, 3.8) is 0 Å². The molecule has 0 amide bonds. The van der Waals surface area contributed by atoms with Crippen molar-refractivity contribution in [1.29, 1.82) is 10.5 Å². The summed E-state index contributed by atoms with van der Waals surface area (Å²) in [5, 5.41) is 28.7. The Balaban J connectivity index is 1.61. The van der Waals surface area contributed by atoms with Gasteiger partial charge in [-0.05, 0) is 24.3 Å². The summed E-state index contributed by atoms with van der Waals surface area (Å²) in [4.78, 5) is 4.73. The number of para-hydroxylation sites is 4. The molecule has 0 bridgehead atoms. The second kappa shape index (κ2) is 8.03. The van der Waals surface area contributed by atoms with Crippen LogP contribution in [0.3, 0.4) is 0 Å². The van der Waals surface area contributed by atoms with Gasteiger partial charge in [-0.2, -0.15) is 10.5 Å². The summed E-state index contributed by atoms with van der Waals surface area (Å²) in [6.07, 6.45) is 0. The fraction of sp³-hybridized carbons (Fsp3) is 0.0606. The lowest BCUT2D eigenvalue weighted by molar-refractivity contribution is 0.957. The summed E-state index contributed by atoms with van der Waals surface area (Å²) in [6.45, 7) is 0.758. The predicted molar refractivity (Wildman–Crippen MR) is 153 cm³/mol. The molecule has 1 atom stereocenters. The molecule has 4 aromatic carbocycles. The summed E-state index contributed by atoms with van der Waals surface area (Å²) in [5.41, 5.74) is 6.83. The van der Waals surface area contributed by atoms with Crippen molar-refractivity contribution in [3.8, 4) is 23.5 Å². The maximum absolute atomic E-state index is 10.4. The normalized spacial score (nSPS) is 14.7. The molecule has 0 saturated carbocycles. The van der Waals surface area contributed by atoms with Crippen LogP contribution >= 0.6 is 0 Å². The third-order valence-corrected chi connectivity index (χ3v) is 7.76. The van der Waals surface area contributed by atoms with Crippen molar-refractivity contribution in [1.82, 2.24) is 19.4 Å². The van der Waals surface area contributed by atoms with Crippen LogP contribution in [0, 0.1) is 22.7 Å². The Kier molecular flexibility index (Phi) is 4.46. The van der Waals surface area contributed by atoms with Crippen LogP contribution in [0.15, 0.2) is 97.1 Å². The molecule has 1 aliphatic rings. The van der Waals surface area contributed by atoms with Crippen molar-refractivity contribution in [2.45, 2.75) is 6.04 Å². The number of hydrogen-bond donors (Lipinski definition) is 1. The number of hydrogen-bond acceptors (Lipinski definition) is 4. The van der Waals surface area contributed by atoms with Gasteiger partial charge in [0.1, 0.15) is 12.1 Å².